The Morgan fingerprint density at radius 1 is 1.39 bits per heavy atom. The largest absolute Gasteiger partial charge is 0.384 e. The molecular formula is C13H18F2N2O. The van der Waals surface area contributed by atoms with Crippen LogP contribution in [0.4, 0.5) is 14.5 Å². The summed E-state index contributed by atoms with van der Waals surface area (Å²) >= 11 is 0. The van der Waals surface area contributed by atoms with E-state index >= 15 is 0 Å². The van der Waals surface area contributed by atoms with Crippen molar-refractivity contribution in [3.05, 3.63) is 29.3 Å². The van der Waals surface area contributed by atoms with Crippen LogP contribution in [0.3, 0.4) is 0 Å². The zero-order chi connectivity index (χ0) is 13.1. The Kier molecular flexibility index (Phi) is 4.14. The monoisotopic (exact) mass is 256 g/mol. The number of rotatable bonds is 4. The van der Waals surface area contributed by atoms with Crippen LogP contribution in [0.15, 0.2) is 12.1 Å². The van der Waals surface area contributed by atoms with Gasteiger partial charge in [-0.15, -0.1) is 0 Å². The van der Waals surface area contributed by atoms with Crippen molar-refractivity contribution >= 4 is 5.69 Å². The first-order valence-corrected chi connectivity index (χ1v) is 6.07. The standard InChI is InChI=1S/C13H18F2N2O/c1-18-8-9-2-3-17(7-9)13-11(14)4-10(6-16)5-12(13)15/h4-5,9H,2-3,6-8,16H2,1H3. The second-order valence-electron chi connectivity index (χ2n) is 4.67. The van der Waals surface area contributed by atoms with E-state index in [1.54, 1.807) is 12.0 Å². The van der Waals surface area contributed by atoms with E-state index in [4.69, 9.17) is 10.5 Å². The molecule has 2 N–H and O–H groups in total. The molecule has 0 aliphatic carbocycles. The van der Waals surface area contributed by atoms with E-state index in [0.717, 1.165) is 6.42 Å². The SMILES string of the molecule is COCC1CCN(c2c(F)cc(CN)cc2F)C1. The number of nitrogens with zero attached hydrogens (tertiary/aromatic N) is 1. The molecule has 2 rings (SSSR count). The lowest BCUT2D eigenvalue weighted by Gasteiger charge is -2.20. The summed E-state index contributed by atoms with van der Waals surface area (Å²) in [5, 5.41) is 0. The second-order valence-corrected chi connectivity index (χ2v) is 4.67. The van der Waals surface area contributed by atoms with Crippen LogP contribution in [0.1, 0.15) is 12.0 Å². The van der Waals surface area contributed by atoms with Crippen molar-refractivity contribution < 1.29 is 13.5 Å². The van der Waals surface area contributed by atoms with Gasteiger partial charge in [-0.3, -0.25) is 0 Å². The molecule has 18 heavy (non-hydrogen) atoms. The lowest BCUT2D eigenvalue weighted by atomic mass is 10.1. The van der Waals surface area contributed by atoms with Crippen molar-refractivity contribution in [2.75, 3.05) is 31.7 Å². The number of benzene rings is 1. The Morgan fingerprint density at radius 2 is 2.06 bits per heavy atom. The van der Waals surface area contributed by atoms with Gasteiger partial charge in [0, 0.05) is 32.7 Å². The van der Waals surface area contributed by atoms with E-state index in [0.29, 0.717) is 31.2 Å². The van der Waals surface area contributed by atoms with Gasteiger partial charge in [0.15, 0.2) is 0 Å². The highest BCUT2D eigenvalue weighted by molar-refractivity contribution is 5.51. The molecule has 0 radical (unpaired) electrons. The van der Waals surface area contributed by atoms with E-state index in [-0.39, 0.29) is 12.2 Å². The van der Waals surface area contributed by atoms with E-state index in [1.807, 2.05) is 0 Å². The predicted octanol–water partition coefficient (Wildman–Crippen LogP) is 1.90. The molecule has 100 valence electrons. The van der Waals surface area contributed by atoms with Gasteiger partial charge >= 0.3 is 0 Å². The van der Waals surface area contributed by atoms with Gasteiger partial charge in [-0.25, -0.2) is 8.78 Å². The Balaban J connectivity index is 2.19. The molecule has 0 aromatic heterocycles. The third-order valence-corrected chi connectivity index (χ3v) is 3.32. The quantitative estimate of drug-likeness (QED) is 0.894. The van der Waals surface area contributed by atoms with Crippen molar-refractivity contribution in [2.24, 2.45) is 11.7 Å². The third-order valence-electron chi connectivity index (χ3n) is 3.32. The topological polar surface area (TPSA) is 38.5 Å². The summed E-state index contributed by atoms with van der Waals surface area (Å²) in [4.78, 5) is 1.74. The first kappa shape index (κ1) is 13.2. The lowest BCUT2D eigenvalue weighted by Crippen LogP contribution is -2.23. The Bertz CT molecular complexity index is 402. The molecule has 0 spiro atoms. The molecule has 1 atom stereocenters. The van der Waals surface area contributed by atoms with Crippen LogP contribution < -0.4 is 10.6 Å². The van der Waals surface area contributed by atoms with Crippen molar-refractivity contribution in [3.63, 3.8) is 0 Å². The van der Waals surface area contributed by atoms with Gasteiger partial charge in [0.1, 0.15) is 17.3 Å². The van der Waals surface area contributed by atoms with E-state index in [9.17, 15) is 8.78 Å². The van der Waals surface area contributed by atoms with E-state index < -0.39 is 11.6 Å². The fraction of sp³-hybridized carbons (Fsp3) is 0.538. The van der Waals surface area contributed by atoms with Crippen LogP contribution in [0, 0.1) is 17.6 Å². The number of anilines is 1. The van der Waals surface area contributed by atoms with Crippen LogP contribution in [0.5, 0.6) is 0 Å². The zero-order valence-corrected chi connectivity index (χ0v) is 10.5. The molecule has 0 saturated carbocycles. The van der Waals surface area contributed by atoms with Crippen LogP contribution in [-0.4, -0.2) is 26.8 Å². The van der Waals surface area contributed by atoms with Gasteiger partial charge in [-0.1, -0.05) is 0 Å². The number of nitrogens with two attached hydrogens (primary N) is 1. The molecule has 0 bridgehead atoms. The molecule has 1 aromatic carbocycles. The molecule has 1 saturated heterocycles. The summed E-state index contributed by atoms with van der Waals surface area (Å²) in [7, 11) is 1.64. The first-order valence-electron chi connectivity index (χ1n) is 6.07. The summed E-state index contributed by atoms with van der Waals surface area (Å²) in [5.41, 5.74) is 5.92. The number of hydrogen-bond acceptors (Lipinski definition) is 3. The molecule has 1 unspecified atom stereocenters. The van der Waals surface area contributed by atoms with E-state index in [1.165, 1.54) is 12.1 Å². The average Bonchev–Trinajstić information content (AvgIpc) is 2.77. The predicted molar refractivity (Wildman–Crippen MR) is 66.4 cm³/mol. The molecule has 1 aromatic rings. The number of halogens is 2. The minimum atomic E-state index is -0.534. The molecule has 1 fully saturated rings. The highest BCUT2D eigenvalue weighted by Gasteiger charge is 2.26. The molecule has 1 aliphatic rings. The van der Waals surface area contributed by atoms with Gasteiger partial charge in [0.25, 0.3) is 0 Å². The van der Waals surface area contributed by atoms with Crippen LogP contribution >= 0.6 is 0 Å². The molecule has 1 aliphatic heterocycles. The van der Waals surface area contributed by atoms with Gasteiger partial charge in [-0.05, 0) is 24.1 Å². The minimum absolute atomic E-state index is 0.0609. The smallest absolute Gasteiger partial charge is 0.149 e. The van der Waals surface area contributed by atoms with Crippen LogP contribution in [-0.2, 0) is 11.3 Å². The number of methoxy groups -OCH3 is 1. The maximum Gasteiger partial charge on any atom is 0.149 e. The van der Waals surface area contributed by atoms with Crippen molar-refractivity contribution in [3.8, 4) is 0 Å². The van der Waals surface area contributed by atoms with Crippen molar-refractivity contribution in [2.45, 2.75) is 13.0 Å². The molecular weight excluding hydrogens is 238 g/mol. The highest BCUT2D eigenvalue weighted by atomic mass is 19.1. The van der Waals surface area contributed by atoms with Crippen molar-refractivity contribution in [1.29, 1.82) is 0 Å². The minimum Gasteiger partial charge on any atom is -0.384 e. The third kappa shape index (κ3) is 2.62. The number of hydrogen-bond donors (Lipinski definition) is 1. The molecule has 5 heteroatoms. The van der Waals surface area contributed by atoms with Gasteiger partial charge in [0.05, 0.1) is 6.61 Å². The molecule has 1 heterocycles. The Morgan fingerprint density at radius 3 is 2.61 bits per heavy atom. The highest BCUT2D eigenvalue weighted by Crippen LogP contribution is 2.29. The average molecular weight is 256 g/mol. The van der Waals surface area contributed by atoms with Crippen LogP contribution in [0.25, 0.3) is 0 Å². The summed E-state index contributed by atoms with van der Waals surface area (Å²) in [6, 6.07) is 2.62. The maximum atomic E-state index is 13.9. The Hall–Kier alpha value is -1.20. The summed E-state index contributed by atoms with van der Waals surface area (Å²) < 4.78 is 32.9. The number of ether oxygens (including phenoxy) is 1. The van der Waals surface area contributed by atoms with Gasteiger partial charge in [-0.2, -0.15) is 0 Å². The first-order chi connectivity index (χ1) is 8.65. The normalized spacial score (nSPS) is 19.6. The van der Waals surface area contributed by atoms with Gasteiger partial charge in [0.2, 0.25) is 0 Å². The summed E-state index contributed by atoms with van der Waals surface area (Å²) in [6.45, 7) is 2.05. The summed E-state index contributed by atoms with van der Waals surface area (Å²) in [6.07, 6.45) is 0.894. The fourth-order valence-corrected chi connectivity index (χ4v) is 2.45. The second kappa shape index (κ2) is 5.63. The zero-order valence-electron chi connectivity index (χ0n) is 10.5. The Labute approximate surface area is 106 Å². The maximum absolute atomic E-state index is 13.9. The van der Waals surface area contributed by atoms with E-state index in [2.05, 4.69) is 0 Å². The van der Waals surface area contributed by atoms with Crippen LogP contribution in [0.2, 0.25) is 0 Å². The molecule has 0 amide bonds. The molecule has 3 nitrogen and oxygen atoms in total. The van der Waals surface area contributed by atoms with Crippen molar-refractivity contribution in [1.82, 2.24) is 0 Å². The summed E-state index contributed by atoms with van der Waals surface area (Å²) in [5.74, 6) is -0.731. The van der Waals surface area contributed by atoms with Gasteiger partial charge < -0.3 is 15.4 Å². The lowest BCUT2D eigenvalue weighted by molar-refractivity contribution is 0.161. The fourth-order valence-electron chi connectivity index (χ4n) is 2.45.